The highest BCUT2D eigenvalue weighted by molar-refractivity contribution is 5.79. The van der Waals surface area contributed by atoms with Gasteiger partial charge >= 0.3 is 0 Å². The van der Waals surface area contributed by atoms with E-state index in [-0.39, 0.29) is 0 Å². The molecule has 3 aliphatic rings. The van der Waals surface area contributed by atoms with E-state index >= 15 is 0 Å². The summed E-state index contributed by atoms with van der Waals surface area (Å²) in [6, 6.07) is 8.68. The summed E-state index contributed by atoms with van der Waals surface area (Å²) < 4.78 is 5.41. The van der Waals surface area contributed by atoms with Crippen molar-refractivity contribution in [1.82, 2.24) is 4.90 Å². The van der Waals surface area contributed by atoms with Crippen LogP contribution in [0.2, 0.25) is 0 Å². The Bertz CT molecular complexity index is 580. The van der Waals surface area contributed by atoms with Crippen molar-refractivity contribution in [3.63, 3.8) is 0 Å². The van der Waals surface area contributed by atoms with Crippen LogP contribution in [0.15, 0.2) is 24.3 Å². The maximum absolute atomic E-state index is 12.8. The van der Waals surface area contributed by atoms with Gasteiger partial charge in [0.05, 0.1) is 13.2 Å². The van der Waals surface area contributed by atoms with E-state index in [1.165, 1.54) is 30.5 Å². The molecule has 4 nitrogen and oxygen atoms in total. The number of rotatable bonds is 4. The lowest BCUT2D eigenvalue weighted by Crippen LogP contribution is -2.36. The topological polar surface area (TPSA) is 32.8 Å². The Morgan fingerprint density at radius 2 is 1.92 bits per heavy atom. The van der Waals surface area contributed by atoms with Crippen molar-refractivity contribution in [2.45, 2.75) is 32.2 Å². The SMILES string of the molecule is CN(Cc1ccc(N2CCOCC2)cc1)C(=O)[C@@H]1C[C@H]2CC[C@H]1C2. The van der Waals surface area contributed by atoms with E-state index in [4.69, 9.17) is 4.74 Å². The predicted molar refractivity (Wildman–Crippen MR) is 94.9 cm³/mol. The average molecular weight is 328 g/mol. The molecule has 130 valence electrons. The standard InChI is InChI=1S/C20H28N2O2/c1-21(20(23)19-13-16-2-5-17(19)12-16)14-15-3-6-18(7-4-15)22-8-10-24-11-9-22/h3-4,6-7,16-17,19H,2,5,8-14H2,1H3/t16-,17-,19+/m0/s1. The zero-order valence-corrected chi connectivity index (χ0v) is 14.6. The molecule has 2 aliphatic carbocycles. The second-order valence-corrected chi connectivity index (χ2v) is 7.74. The number of benzene rings is 1. The molecule has 4 heteroatoms. The lowest BCUT2D eigenvalue weighted by atomic mass is 9.88. The summed E-state index contributed by atoms with van der Waals surface area (Å²) in [5.74, 6) is 2.14. The summed E-state index contributed by atoms with van der Waals surface area (Å²) >= 11 is 0. The van der Waals surface area contributed by atoms with Crippen LogP contribution in [0, 0.1) is 17.8 Å². The fourth-order valence-electron chi connectivity index (χ4n) is 4.82. The molecule has 1 aromatic rings. The Kier molecular flexibility index (Phi) is 4.49. The zero-order chi connectivity index (χ0) is 16.5. The Morgan fingerprint density at radius 3 is 2.54 bits per heavy atom. The number of anilines is 1. The monoisotopic (exact) mass is 328 g/mol. The third kappa shape index (κ3) is 3.16. The molecule has 4 rings (SSSR count). The van der Waals surface area contributed by atoms with Gasteiger partial charge in [0.1, 0.15) is 0 Å². The summed E-state index contributed by atoms with van der Waals surface area (Å²) in [6.45, 7) is 4.26. The first-order valence-corrected chi connectivity index (χ1v) is 9.37. The first kappa shape index (κ1) is 15.9. The van der Waals surface area contributed by atoms with Crippen molar-refractivity contribution in [3.05, 3.63) is 29.8 Å². The molecule has 2 saturated carbocycles. The van der Waals surface area contributed by atoms with Crippen LogP contribution in [0.3, 0.4) is 0 Å². The minimum atomic E-state index is 0.293. The maximum atomic E-state index is 12.8. The number of ether oxygens (including phenoxy) is 1. The second kappa shape index (κ2) is 6.75. The fourth-order valence-corrected chi connectivity index (χ4v) is 4.82. The Hall–Kier alpha value is -1.55. The molecule has 1 aromatic carbocycles. The van der Waals surface area contributed by atoms with Gasteiger partial charge in [-0.2, -0.15) is 0 Å². The molecule has 24 heavy (non-hydrogen) atoms. The first-order chi connectivity index (χ1) is 11.7. The molecule has 3 atom stereocenters. The molecule has 1 saturated heterocycles. The van der Waals surface area contributed by atoms with Gasteiger partial charge in [0.15, 0.2) is 0 Å². The Balaban J connectivity index is 1.35. The third-order valence-corrected chi connectivity index (χ3v) is 6.16. The average Bonchev–Trinajstić information content (AvgIpc) is 3.26. The highest BCUT2D eigenvalue weighted by atomic mass is 16.5. The lowest BCUT2D eigenvalue weighted by molar-refractivity contribution is -0.136. The minimum absolute atomic E-state index is 0.293. The third-order valence-electron chi connectivity index (χ3n) is 6.16. The molecule has 0 unspecified atom stereocenters. The highest BCUT2D eigenvalue weighted by Crippen LogP contribution is 2.48. The van der Waals surface area contributed by atoms with Gasteiger partial charge < -0.3 is 14.5 Å². The number of hydrogen-bond donors (Lipinski definition) is 0. The van der Waals surface area contributed by atoms with E-state index in [9.17, 15) is 4.79 Å². The largest absolute Gasteiger partial charge is 0.378 e. The van der Waals surface area contributed by atoms with Crippen LogP contribution in [-0.4, -0.2) is 44.2 Å². The molecule has 1 heterocycles. The van der Waals surface area contributed by atoms with E-state index in [0.29, 0.717) is 17.7 Å². The van der Waals surface area contributed by atoms with E-state index in [1.807, 2.05) is 11.9 Å². The highest BCUT2D eigenvalue weighted by Gasteiger charge is 2.43. The van der Waals surface area contributed by atoms with E-state index in [1.54, 1.807) is 0 Å². The smallest absolute Gasteiger partial charge is 0.226 e. The summed E-state index contributed by atoms with van der Waals surface area (Å²) in [7, 11) is 1.96. The van der Waals surface area contributed by atoms with Gasteiger partial charge in [-0.1, -0.05) is 18.6 Å². The molecule has 0 aromatic heterocycles. The van der Waals surface area contributed by atoms with E-state index in [0.717, 1.165) is 45.2 Å². The molecule has 0 spiro atoms. The van der Waals surface area contributed by atoms with Crippen molar-refractivity contribution >= 4 is 11.6 Å². The van der Waals surface area contributed by atoms with Crippen LogP contribution in [0.1, 0.15) is 31.2 Å². The molecule has 0 radical (unpaired) electrons. The van der Waals surface area contributed by atoms with Crippen LogP contribution in [0.25, 0.3) is 0 Å². The lowest BCUT2D eigenvalue weighted by Gasteiger charge is -2.29. The maximum Gasteiger partial charge on any atom is 0.226 e. The molecule has 0 N–H and O–H groups in total. The Morgan fingerprint density at radius 1 is 1.17 bits per heavy atom. The van der Waals surface area contributed by atoms with E-state index in [2.05, 4.69) is 29.2 Å². The number of carbonyl (C=O) groups excluding carboxylic acids is 1. The van der Waals surface area contributed by atoms with Crippen LogP contribution < -0.4 is 4.90 Å². The fraction of sp³-hybridized carbons (Fsp3) is 0.650. The van der Waals surface area contributed by atoms with Gasteiger partial charge in [0, 0.05) is 38.3 Å². The number of fused-ring (bicyclic) bond motifs is 2. The van der Waals surface area contributed by atoms with Gasteiger partial charge in [0.25, 0.3) is 0 Å². The van der Waals surface area contributed by atoms with Gasteiger partial charge in [-0.3, -0.25) is 4.79 Å². The van der Waals surface area contributed by atoms with Crippen molar-refractivity contribution in [2.75, 3.05) is 38.3 Å². The van der Waals surface area contributed by atoms with Crippen LogP contribution >= 0.6 is 0 Å². The molecular formula is C20H28N2O2. The number of carbonyl (C=O) groups is 1. The number of amides is 1. The first-order valence-electron chi connectivity index (χ1n) is 9.37. The molecule has 3 fully saturated rings. The van der Waals surface area contributed by atoms with E-state index < -0.39 is 0 Å². The van der Waals surface area contributed by atoms with Crippen molar-refractivity contribution < 1.29 is 9.53 Å². The van der Waals surface area contributed by atoms with Crippen molar-refractivity contribution in [2.24, 2.45) is 17.8 Å². The predicted octanol–water partition coefficient (Wildman–Crippen LogP) is 2.92. The van der Waals surface area contributed by atoms with Crippen molar-refractivity contribution in [1.29, 1.82) is 0 Å². The number of hydrogen-bond acceptors (Lipinski definition) is 3. The number of nitrogens with zero attached hydrogens (tertiary/aromatic N) is 2. The molecule has 1 amide bonds. The van der Waals surface area contributed by atoms with Crippen LogP contribution in [0.5, 0.6) is 0 Å². The van der Waals surface area contributed by atoms with Gasteiger partial charge in [0.2, 0.25) is 5.91 Å². The summed E-state index contributed by atoms with van der Waals surface area (Å²) in [4.78, 5) is 17.1. The van der Waals surface area contributed by atoms with Gasteiger partial charge in [-0.25, -0.2) is 0 Å². The Labute approximate surface area is 144 Å². The minimum Gasteiger partial charge on any atom is -0.378 e. The zero-order valence-electron chi connectivity index (χ0n) is 14.6. The molecule has 2 bridgehead atoms. The normalized spacial score (nSPS) is 29.0. The molecule has 1 aliphatic heterocycles. The van der Waals surface area contributed by atoms with Crippen LogP contribution in [-0.2, 0) is 16.1 Å². The molecular weight excluding hydrogens is 300 g/mol. The van der Waals surface area contributed by atoms with Crippen LogP contribution in [0.4, 0.5) is 5.69 Å². The van der Waals surface area contributed by atoms with Gasteiger partial charge in [-0.15, -0.1) is 0 Å². The summed E-state index contributed by atoms with van der Waals surface area (Å²) in [6.07, 6.45) is 5.03. The summed E-state index contributed by atoms with van der Waals surface area (Å²) in [5.41, 5.74) is 2.47. The van der Waals surface area contributed by atoms with Gasteiger partial charge in [-0.05, 0) is 48.8 Å². The quantitative estimate of drug-likeness (QED) is 0.852. The van der Waals surface area contributed by atoms with Crippen molar-refractivity contribution in [3.8, 4) is 0 Å². The summed E-state index contributed by atoms with van der Waals surface area (Å²) in [5, 5.41) is 0. The number of morpholine rings is 1. The second-order valence-electron chi connectivity index (χ2n) is 7.74.